The van der Waals surface area contributed by atoms with Crippen LogP contribution in [0.1, 0.15) is 44.9 Å². The highest BCUT2D eigenvalue weighted by molar-refractivity contribution is 8.13. The third kappa shape index (κ3) is 3.21. The number of nitrogens with one attached hydrogen (secondary N) is 1. The Morgan fingerprint density at radius 3 is 2.94 bits per heavy atom. The number of thioether (sulfide) groups is 1. The van der Waals surface area contributed by atoms with Gasteiger partial charge in [-0.25, -0.2) is 0 Å². The van der Waals surface area contributed by atoms with Crippen LogP contribution >= 0.6 is 11.8 Å². The number of amidine groups is 1. The van der Waals surface area contributed by atoms with Crippen molar-refractivity contribution in [1.82, 2.24) is 5.32 Å². The predicted molar refractivity (Wildman–Crippen MR) is 77.2 cm³/mol. The Hall–Kier alpha value is -0.220. The lowest BCUT2D eigenvalue weighted by Gasteiger charge is -2.28. The molecule has 3 nitrogen and oxygen atoms in total. The van der Waals surface area contributed by atoms with Crippen LogP contribution in [0.25, 0.3) is 0 Å². The van der Waals surface area contributed by atoms with Gasteiger partial charge < -0.3 is 10.1 Å². The van der Waals surface area contributed by atoms with E-state index in [4.69, 9.17) is 4.74 Å². The minimum Gasteiger partial charge on any atom is -0.376 e. The second-order valence-electron chi connectivity index (χ2n) is 5.72. The normalized spacial score (nSPS) is 34.8. The zero-order chi connectivity index (χ0) is 12.2. The summed E-state index contributed by atoms with van der Waals surface area (Å²) in [5.74, 6) is 2.16. The second-order valence-corrected chi connectivity index (χ2v) is 6.73. The maximum Gasteiger partial charge on any atom is 0.156 e. The number of rotatable bonds is 4. The Kier molecular flexibility index (Phi) is 4.47. The molecule has 1 heterocycles. The second kappa shape index (κ2) is 6.29. The van der Waals surface area contributed by atoms with E-state index in [0.29, 0.717) is 12.1 Å². The molecule has 3 rings (SSSR count). The SMILES string of the molecule is C1CCC(OCCN=C2NC3CCCC3CS2)C1. The zero-order valence-electron chi connectivity index (χ0n) is 11.1. The number of hydrogen-bond donors (Lipinski definition) is 1. The first-order valence-corrected chi connectivity index (χ1v) is 8.46. The van der Waals surface area contributed by atoms with Crippen molar-refractivity contribution in [2.24, 2.45) is 10.9 Å². The van der Waals surface area contributed by atoms with E-state index < -0.39 is 0 Å². The van der Waals surface area contributed by atoms with Gasteiger partial charge in [-0.2, -0.15) is 0 Å². The quantitative estimate of drug-likeness (QED) is 0.796. The minimum atomic E-state index is 0.524. The maximum atomic E-state index is 5.84. The van der Waals surface area contributed by atoms with Crippen molar-refractivity contribution in [3.63, 3.8) is 0 Å². The van der Waals surface area contributed by atoms with E-state index in [9.17, 15) is 0 Å². The molecule has 3 fully saturated rings. The highest BCUT2D eigenvalue weighted by atomic mass is 32.2. The lowest BCUT2D eigenvalue weighted by Crippen LogP contribution is -2.41. The molecule has 102 valence electrons. The standard InChI is InChI=1S/C14H24N2OS/c1-2-6-12(5-1)17-9-8-15-14-16-13-7-3-4-11(13)10-18-14/h11-13H,1-10H2,(H,15,16). The van der Waals surface area contributed by atoms with Crippen molar-refractivity contribution in [1.29, 1.82) is 0 Å². The summed E-state index contributed by atoms with van der Waals surface area (Å²) in [4.78, 5) is 4.65. The van der Waals surface area contributed by atoms with Gasteiger partial charge in [0.05, 0.1) is 19.3 Å². The van der Waals surface area contributed by atoms with E-state index in [1.54, 1.807) is 0 Å². The molecule has 18 heavy (non-hydrogen) atoms. The van der Waals surface area contributed by atoms with Crippen LogP contribution in [-0.2, 0) is 4.74 Å². The van der Waals surface area contributed by atoms with Crippen molar-refractivity contribution in [3.8, 4) is 0 Å². The van der Waals surface area contributed by atoms with Crippen LogP contribution in [0.15, 0.2) is 4.99 Å². The number of aliphatic imine (C=N–C) groups is 1. The third-order valence-corrected chi connectivity index (χ3v) is 5.52. The monoisotopic (exact) mass is 268 g/mol. The summed E-state index contributed by atoms with van der Waals surface area (Å²) in [6.45, 7) is 1.62. The molecule has 1 N–H and O–H groups in total. The first-order chi connectivity index (χ1) is 8.92. The van der Waals surface area contributed by atoms with Gasteiger partial charge in [0, 0.05) is 11.8 Å². The summed E-state index contributed by atoms with van der Waals surface area (Å²) in [7, 11) is 0. The van der Waals surface area contributed by atoms with Gasteiger partial charge in [-0.05, 0) is 31.6 Å². The predicted octanol–water partition coefficient (Wildman–Crippen LogP) is 2.81. The van der Waals surface area contributed by atoms with Crippen LogP contribution in [0, 0.1) is 5.92 Å². The first kappa shape index (κ1) is 12.8. The third-order valence-electron chi connectivity index (χ3n) is 4.40. The molecule has 2 atom stereocenters. The van der Waals surface area contributed by atoms with Gasteiger partial charge in [0.2, 0.25) is 0 Å². The van der Waals surface area contributed by atoms with Crippen molar-refractivity contribution < 1.29 is 4.74 Å². The summed E-state index contributed by atoms with van der Waals surface area (Å²) in [6, 6.07) is 0.709. The summed E-state index contributed by atoms with van der Waals surface area (Å²) < 4.78 is 5.84. The summed E-state index contributed by atoms with van der Waals surface area (Å²) in [6.07, 6.45) is 9.86. The summed E-state index contributed by atoms with van der Waals surface area (Å²) in [5.41, 5.74) is 0. The van der Waals surface area contributed by atoms with Gasteiger partial charge in [0.1, 0.15) is 0 Å². The molecule has 0 amide bonds. The van der Waals surface area contributed by atoms with Gasteiger partial charge in [-0.3, -0.25) is 4.99 Å². The Morgan fingerprint density at radius 1 is 1.17 bits per heavy atom. The van der Waals surface area contributed by atoms with Crippen LogP contribution in [0.4, 0.5) is 0 Å². The number of fused-ring (bicyclic) bond motifs is 1. The minimum absolute atomic E-state index is 0.524. The molecule has 0 aromatic rings. The molecule has 0 radical (unpaired) electrons. The molecule has 0 aromatic carbocycles. The first-order valence-electron chi connectivity index (χ1n) is 7.47. The number of hydrogen-bond acceptors (Lipinski definition) is 3. The fraction of sp³-hybridized carbons (Fsp3) is 0.929. The molecule has 0 bridgehead atoms. The Bertz CT molecular complexity index is 302. The van der Waals surface area contributed by atoms with Crippen molar-refractivity contribution in [2.45, 2.75) is 57.1 Å². The largest absolute Gasteiger partial charge is 0.376 e. The molecule has 2 unspecified atom stereocenters. The van der Waals surface area contributed by atoms with E-state index in [1.165, 1.54) is 50.7 Å². The fourth-order valence-electron chi connectivity index (χ4n) is 3.33. The van der Waals surface area contributed by atoms with Crippen molar-refractivity contribution >= 4 is 16.9 Å². The maximum absolute atomic E-state index is 5.84. The van der Waals surface area contributed by atoms with Crippen LogP contribution in [0.3, 0.4) is 0 Å². The van der Waals surface area contributed by atoms with E-state index in [2.05, 4.69) is 10.3 Å². The van der Waals surface area contributed by atoms with Crippen molar-refractivity contribution in [3.05, 3.63) is 0 Å². The van der Waals surface area contributed by atoms with Gasteiger partial charge >= 0.3 is 0 Å². The molecule has 2 saturated carbocycles. The molecular weight excluding hydrogens is 244 g/mol. The van der Waals surface area contributed by atoms with Gasteiger partial charge in [-0.1, -0.05) is 31.0 Å². The van der Waals surface area contributed by atoms with Gasteiger partial charge in [-0.15, -0.1) is 0 Å². The summed E-state index contributed by atoms with van der Waals surface area (Å²) >= 11 is 1.91. The Balaban J connectivity index is 1.37. The van der Waals surface area contributed by atoms with Gasteiger partial charge in [0.25, 0.3) is 0 Å². The average molecular weight is 268 g/mol. The fourth-order valence-corrected chi connectivity index (χ4v) is 4.51. The molecule has 4 heteroatoms. The van der Waals surface area contributed by atoms with Crippen LogP contribution in [-0.4, -0.2) is 36.2 Å². The van der Waals surface area contributed by atoms with E-state index >= 15 is 0 Å². The van der Waals surface area contributed by atoms with E-state index in [1.807, 2.05) is 11.8 Å². The molecule has 1 aliphatic heterocycles. The molecule has 1 saturated heterocycles. The lowest BCUT2D eigenvalue weighted by atomic mass is 10.1. The highest BCUT2D eigenvalue weighted by Gasteiger charge is 2.31. The van der Waals surface area contributed by atoms with Crippen LogP contribution in [0.2, 0.25) is 0 Å². The van der Waals surface area contributed by atoms with Gasteiger partial charge in [0.15, 0.2) is 5.17 Å². The molecular formula is C14H24N2OS. The highest BCUT2D eigenvalue weighted by Crippen LogP contribution is 2.32. The van der Waals surface area contributed by atoms with Crippen molar-refractivity contribution in [2.75, 3.05) is 18.9 Å². The smallest absolute Gasteiger partial charge is 0.156 e. The molecule has 0 aromatic heterocycles. The van der Waals surface area contributed by atoms with Crippen LogP contribution in [0.5, 0.6) is 0 Å². The zero-order valence-corrected chi connectivity index (χ0v) is 11.9. The Morgan fingerprint density at radius 2 is 2.06 bits per heavy atom. The lowest BCUT2D eigenvalue weighted by molar-refractivity contribution is 0.0643. The van der Waals surface area contributed by atoms with Crippen LogP contribution < -0.4 is 5.32 Å². The summed E-state index contributed by atoms with van der Waals surface area (Å²) in [5, 5.41) is 4.76. The topological polar surface area (TPSA) is 33.6 Å². The van der Waals surface area contributed by atoms with E-state index in [0.717, 1.165) is 24.2 Å². The molecule has 0 spiro atoms. The average Bonchev–Trinajstić information content (AvgIpc) is 3.05. The molecule has 2 aliphatic carbocycles. The number of nitrogens with zero attached hydrogens (tertiary/aromatic N) is 1. The Labute approximate surface area is 114 Å². The van der Waals surface area contributed by atoms with E-state index in [-0.39, 0.29) is 0 Å². The molecule has 3 aliphatic rings. The number of ether oxygens (including phenoxy) is 1.